The second-order valence-corrected chi connectivity index (χ2v) is 3.32. The molecular weight excluding hydrogens is 190 g/mol. The van der Waals surface area contributed by atoms with Gasteiger partial charge in [-0.1, -0.05) is 24.3 Å². The number of carbonyl (C=O) groups is 1. The van der Waals surface area contributed by atoms with Gasteiger partial charge >= 0.3 is 5.97 Å². The van der Waals surface area contributed by atoms with Crippen molar-refractivity contribution in [3.8, 4) is 0 Å². The quantitative estimate of drug-likeness (QED) is 0.750. The number of hydrogen-bond acceptors (Lipinski definition) is 1. The standard InChI is InChI=1S/C12H11NO2/c1-2-5-10-11(12(14)15)8-6-3-4-7-9(8)13-10/h2-4,6-7,13H,1,5H2,(H,14,15). The SMILES string of the molecule is C=CCc1[nH]c2ccccc2c1C(=O)O. The van der Waals surface area contributed by atoms with Gasteiger partial charge in [-0.2, -0.15) is 0 Å². The van der Waals surface area contributed by atoms with Crippen LogP contribution in [0.15, 0.2) is 36.9 Å². The van der Waals surface area contributed by atoms with Gasteiger partial charge in [0.05, 0.1) is 5.56 Å². The Hall–Kier alpha value is -2.03. The number of hydrogen-bond donors (Lipinski definition) is 2. The minimum absolute atomic E-state index is 0.352. The smallest absolute Gasteiger partial charge is 0.338 e. The number of para-hydroxylation sites is 1. The molecule has 0 saturated heterocycles. The van der Waals surface area contributed by atoms with E-state index in [4.69, 9.17) is 5.11 Å². The molecule has 3 heteroatoms. The predicted octanol–water partition coefficient (Wildman–Crippen LogP) is 2.59. The van der Waals surface area contributed by atoms with E-state index in [2.05, 4.69) is 11.6 Å². The number of rotatable bonds is 3. The Balaban J connectivity index is 2.74. The lowest BCUT2D eigenvalue weighted by molar-refractivity contribution is 0.0698. The molecule has 2 aromatic rings. The summed E-state index contributed by atoms with van der Waals surface area (Å²) in [5, 5.41) is 9.88. The molecule has 1 aromatic heterocycles. The molecule has 0 spiro atoms. The van der Waals surface area contributed by atoms with Crippen molar-refractivity contribution in [2.45, 2.75) is 6.42 Å². The fraction of sp³-hybridized carbons (Fsp3) is 0.0833. The highest BCUT2D eigenvalue weighted by Crippen LogP contribution is 2.22. The highest BCUT2D eigenvalue weighted by molar-refractivity contribution is 6.04. The predicted molar refractivity (Wildman–Crippen MR) is 59.2 cm³/mol. The molecule has 15 heavy (non-hydrogen) atoms. The Bertz CT molecular complexity index is 525. The number of aromatic nitrogens is 1. The van der Waals surface area contributed by atoms with Gasteiger partial charge in [-0.15, -0.1) is 6.58 Å². The number of benzene rings is 1. The Morgan fingerprint density at radius 2 is 2.20 bits per heavy atom. The van der Waals surface area contributed by atoms with Gasteiger partial charge in [0.15, 0.2) is 0 Å². The van der Waals surface area contributed by atoms with E-state index < -0.39 is 5.97 Å². The summed E-state index contributed by atoms with van der Waals surface area (Å²) in [6.45, 7) is 3.61. The second kappa shape index (κ2) is 3.61. The van der Waals surface area contributed by atoms with Crippen LogP contribution in [0.25, 0.3) is 10.9 Å². The van der Waals surface area contributed by atoms with E-state index in [9.17, 15) is 4.79 Å². The number of carboxylic acids is 1. The van der Waals surface area contributed by atoms with E-state index in [1.807, 2.05) is 24.3 Å². The van der Waals surface area contributed by atoms with Crippen LogP contribution in [0.5, 0.6) is 0 Å². The number of aromatic carboxylic acids is 1. The Morgan fingerprint density at radius 1 is 1.47 bits per heavy atom. The van der Waals surface area contributed by atoms with Gasteiger partial charge in [0.2, 0.25) is 0 Å². The van der Waals surface area contributed by atoms with E-state index in [-0.39, 0.29) is 0 Å². The lowest BCUT2D eigenvalue weighted by Crippen LogP contribution is -1.99. The number of allylic oxidation sites excluding steroid dienone is 1. The van der Waals surface area contributed by atoms with Crippen LogP contribution >= 0.6 is 0 Å². The first-order chi connectivity index (χ1) is 7.24. The summed E-state index contributed by atoms with van der Waals surface area (Å²) in [6.07, 6.45) is 2.23. The summed E-state index contributed by atoms with van der Waals surface area (Å²) < 4.78 is 0. The molecule has 76 valence electrons. The summed E-state index contributed by atoms with van der Waals surface area (Å²) in [7, 11) is 0. The molecule has 2 rings (SSSR count). The van der Waals surface area contributed by atoms with Gasteiger partial charge in [0.1, 0.15) is 0 Å². The molecule has 0 radical (unpaired) electrons. The third-order valence-electron chi connectivity index (χ3n) is 2.35. The normalized spacial score (nSPS) is 10.4. The average Bonchev–Trinajstić information content (AvgIpc) is 2.56. The summed E-state index contributed by atoms with van der Waals surface area (Å²) in [5.41, 5.74) is 1.91. The highest BCUT2D eigenvalue weighted by atomic mass is 16.4. The molecule has 1 aromatic carbocycles. The summed E-state index contributed by atoms with van der Waals surface area (Å²) in [4.78, 5) is 14.2. The second-order valence-electron chi connectivity index (χ2n) is 3.32. The minimum atomic E-state index is -0.899. The van der Waals surface area contributed by atoms with E-state index >= 15 is 0 Å². The molecular formula is C12H11NO2. The largest absolute Gasteiger partial charge is 0.478 e. The average molecular weight is 201 g/mol. The van der Waals surface area contributed by atoms with Crippen LogP contribution in [0.3, 0.4) is 0 Å². The number of carboxylic acid groups (broad SMARTS) is 1. The van der Waals surface area contributed by atoms with Gasteiger partial charge in [-0.05, 0) is 6.07 Å². The Morgan fingerprint density at radius 3 is 2.87 bits per heavy atom. The molecule has 0 aliphatic rings. The molecule has 3 nitrogen and oxygen atoms in total. The molecule has 0 atom stereocenters. The first-order valence-corrected chi connectivity index (χ1v) is 4.68. The van der Waals surface area contributed by atoms with Crippen molar-refractivity contribution in [1.29, 1.82) is 0 Å². The molecule has 0 aliphatic heterocycles. The Labute approximate surface area is 87.0 Å². The summed E-state index contributed by atoms with van der Waals surface area (Å²) in [6, 6.07) is 7.39. The van der Waals surface area contributed by atoms with Crippen LogP contribution in [0.2, 0.25) is 0 Å². The van der Waals surface area contributed by atoms with Crippen molar-refractivity contribution in [2.75, 3.05) is 0 Å². The lowest BCUT2D eigenvalue weighted by atomic mass is 10.1. The van der Waals surface area contributed by atoms with E-state index in [0.717, 1.165) is 10.9 Å². The maximum atomic E-state index is 11.1. The monoisotopic (exact) mass is 201 g/mol. The van der Waals surface area contributed by atoms with Crippen molar-refractivity contribution >= 4 is 16.9 Å². The minimum Gasteiger partial charge on any atom is -0.478 e. The number of nitrogens with one attached hydrogen (secondary N) is 1. The van der Waals surface area contributed by atoms with Crippen molar-refractivity contribution in [1.82, 2.24) is 4.98 Å². The van der Waals surface area contributed by atoms with E-state index in [0.29, 0.717) is 17.7 Å². The number of H-pyrrole nitrogens is 1. The van der Waals surface area contributed by atoms with Crippen molar-refractivity contribution in [3.63, 3.8) is 0 Å². The molecule has 0 unspecified atom stereocenters. The topological polar surface area (TPSA) is 53.1 Å². The molecule has 0 bridgehead atoms. The first-order valence-electron chi connectivity index (χ1n) is 4.68. The van der Waals surface area contributed by atoms with Gasteiger partial charge in [0, 0.05) is 23.0 Å². The molecule has 2 N–H and O–H groups in total. The first kappa shape index (κ1) is 9.52. The summed E-state index contributed by atoms with van der Waals surface area (Å²) in [5.74, 6) is -0.899. The fourth-order valence-electron chi connectivity index (χ4n) is 1.74. The molecule has 0 fully saturated rings. The van der Waals surface area contributed by atoms with Gasteiger partial charge in [0.25, 0.3) is 0 Å². The van der Waals surface area contributed by atoms with Crippen molar-refractivity contribution < 1.29 is 9.90 Å². The Kier molecular flexibility index (Phi) is 2.29. The third kappa shape index (κ3) is 1.52. The highest BCUT2D eigenvalue weighted by Gasteiger charge is 2.15. The summed E-state index contributed by atoms with van der Waals surface area (Å²) >= 11 is 0. The van der Waals surface area contributed by atoms with Crippen LogP contribution in [0.4, 0.5) is 0 Å². The number of fused-ring (bicyclic) bond motifs is 1. The molecule has 0 aliphatic carbocycles. The zero-order valence-corrected chi connectivity index (χ0v) is 8.16. The molecule has 0 amide bonds. The van der Waals surface area contributed by atoms with Gasteiger partial charge in [-0.3, -0.25) is 0 Å². The van der Waals surface area contributed by atoms with Crippen LogP contribution < -0.4 is 0 Å². The maximum absolute atomic E-state index is 11.1. The lowest BCUT2D eigenvalue weighted by Gasteiger charge is -1.95. The van der Waals surface area contributed by atoms with Gasteiger partial charge in [-0.25, -0.2) is 4.79 Å². The van der Waals surface area contributed by atoms with Crippen LogP contribution in [0.1, 0.15) is 16.1 Å². The fourth-order valence-corrected chi connectivity index (χ4v) is 1.74. The molecule has 1 heterocycles. The van der Waals surface area contributed by atoms with Gasteiger partial charge < -0.3 is 10.1 Å². The van der Waals surface area contributed by atoms with Crippen LogP contribution in [0, 0.1) is 0 Å². The zero-order valence-electron chi connectivity index (χ0n) is 8.16. The van der Waals surface area contributed by atoms with Crippen LogP contribution in [-0.4, -0.2) is 16.1 Å². The van der Waals surface area contributed by atoms with E-state index in [1.165, 1.54) is 0 Å². The van der Waals surface area contributed by atoms with Crippen molar-refractivity contribution in [2.24, 2.45) is 0 Å². The van der Waals surface area contributed by atoms with E-state index in [1.54, 1.807) is 6.08 Å². The maximum Gasteiger partial charge on any atom is 0.338 e. The van der Waals surface area contributed by atoms with Crippen molar-refractivity contribution in [3.05, 3.63) is 48.2 Å². The third-order valence-corrected chi connectivity index (χ3v) is 2.35. The molecule has 0 saturated carbocycles. The zero-order chi connectivity index (χ0) is 10.8. The van der Waals surface area contributed by atoms with Crippen LogP contribution in [-0.2, 0) is 6.42 Å². The number of aromatic amines is 1.